The first-order chi connectivity index (χ1) is 11.7. The molecular formula is C24H28Si. The fourth-order valence-electron chi connectivity index (χ4n) is 4.88. The van der Waals surface area contributed by atoms with Crippen LogP contribution in [0.4, 0.5) is 0 Å². The van der Waals surface area contributed by atoms with Gasteiger partial charge in [-0.05, 0) is 72.5 Å². The van der Waals surface area contributed by atoms with Crippen LogP contribution < -0.4 is 10.4 Å². The van der Waals surface area contributed by atoms with Crippen molar-refractivity contribution in [2.45, 2.75) is 52.8 Å². The van der Waals surface area contributed by atoms with Gasteiger partial charge in [0.25, 0.3) is 0 Å². The highest BCUT2D eigenvalue weighted by atomic mass is 28.3. The lowest BCUT2D eigenvalue weighted by molar-refractivity contribution is 0.860. The maximum atomic E-state index is 2.56. The molecule has 1 aromatic rings. The number of allylic oxidation sites excluding steroid dienone is 6. The fourth-order valence-corrected chi connectivity index (χ4v) is 8.60. The lowest BCUT2D eigenvalue weighted by Crippen LogP contribution is -2.42. The second-order valence-electron chi connectivity index (χ2n) is 8.70. The minimum absolute atomic E-state index is 0.190. The number of benzene rings is 1. The highest BCUT2D eigenvalue weighted by Gasteiger charge is 2.48. The minimum Gasteiger partial charge on any atom is -0.0737 e. The Morgan fingerprint density at radius 1 is 1.00 bits per heavy atom. The molecule has 0 aliphatic heterocycles. The van der Waals surface area contributed by atoms with E-state index in [4.69, 9.17) is 0 Å². The van der Waals surface area contributed by atoms with Gasteiger partial charge in [-0.1, -0.05) is 66.7 Å². The Morgan fingerprint density at radius 3 is 2.36 bits per heavy atom. The van der Waals surface area contributed by atoms with Crippen molar-refractivity contribution >= 4 is 31.0 Å². The Kier molecular flexibility index (Phi) is 3.37. The molecule has 1 aromatic carbocycles. The monoisotopic (exact) mass is 344 g/mol. The Bertz CT molecular complexity index is 1050. The van der Waals surface area contributed by atoms with Crippen LogP contribution in [0.3, 0.4) is 0 Å². The Labute approximate surface area is 152 Å². The highest BCUT2D eigenvalue weighted by Crippen LogP contribution is 2.57. The molecule has 0 spiro atoms. The van der Waals surface area contributed by atoms with Crippen molar-refractivity contribution in [3.05, 3.63) is 68.6 Å². The molecule has 3 aliphatic rings. The van der Waals surface area contributed by atoms with Crippen LogP contribution >= 0.6 is 0 Å². The molecule has 1 unspecified atom stereocenters. The van der Waals surface area contributed by atoms with Gasteiger partial charge in [-0.2, -0.15) is 0 Å². The normalized spacial score (nSPS) is 24.4. The van der Waals surface area contributed by atoms with Crippen LogP contribution in [-0.4, -0.2) is 8.07 Å². The maximum absolute atomic E-state index is 2.56. The zero-order valence-electron chi connectivity index (χ0n) is 16.5. The highest BCUT2D eigenvalue weighted by molar-refractivity contribution is 6.98. The van der Waals surface area contributed by atoms with Gasteiger partial charge in [0.05, 0.1) is 8.07 Å². The molecule has 0 aromatic heterocycles. The number of fused-ring (bicyclic) bond motifs is 2. The van der Waals surface area contributed by atoms with E-state index in [0.29, 0.717) is 0 Å². The van der Waals surface area contributed by atoms with Gasteiger partial charge in [0, 0.05) is 5.04 Å². The second-order valence-corrected chi connectivity index (χ2v) is 13.5. The van der Waals surface area contributed by atoms with Crippen LogP contribution in [-0.2, 0) is 0 Å². The predicted octanol–water partition coefficient (Wildman–Crippen LogP) is 5.37. The van der Waals surface area contributed by atoms with Gasteiger partial charge in [-0.3, -0.25) is 0 Å². The Morgan fingerprint density at radius 2 is 1.72 bits per heavy atom. The van der Waals surface area contributed by atoms with Crippen LogP contribution in [0.25, 0.3) is 22.9 Å². The summed E-state index contributed by atoms with van der Waals surface area (Å²) in [5, 5.41) is 4.62. The summed E-state index contributed by atoms with van der Waals surface area (Å²) >= 11 is 0. The number of hydrogen-bond donors (Lipinski definition) is 0. The van der Waals surface area contributed by atoms with Gasteiger partial charge in [0.1, 0.15) is 0 Å². The molecule has 0 fully saturated rings. The summed E-state index contributed by atoms with van der Waals surface area (Å²) in [5.74, 6) is 0. The quantitative estimate of drug-likeness (QED) is 0.633. The van der Waals surface area contributed by atoms with Crippen molar-refractivity contribution < 1.29 is 0 Å². The molecule has 3 aliphatic carbocycles. The van der Waals surface area contributed by atoms with E-state index in [9.17, 15) is 0 Å². The molecule has 0 saturated carbocycles. The smallest absolute Gasteiger partial charge is 0.0737 e. The molecule has 0 amide bonds. The van der Waals surface area contributed by atoms with Gasteiger partial charge in [-0.25, -0.2) is 0 Å². The maximum Gasteiger partial charge on any atom is 0.0955 e. The number of rotatable bonds is 2. The van der Waals surface area contributed by atoms with Crippen molar-refractivity contribution in [1.29, 1.82) is 0 Å². The summed E-state index contributed by atoms with van der Waals surface area (Å²) in [6.07, 6.45) is 11.7. The summed E-state index contributed by atoms with van der Waals surface area (Å²) < 4.78 is 0. The first kappa shape index (κ1) is 16.6. The van der Waals surface area contributed by atoms with Crippen LogP contribution in [0.5, 0.6) is 0 Å². The molecule has 0 saturated heterocycles. The summed E-state index contributed by atoms with van der Waals surface area (Å²) in [6.45, 7) is 16.8. The van der Waals surface area contributed by atoms with E-state index < -0.39 is 8.07 Å². The first-order valence-corrected chi connectivity index (χ1v) is 12.3. The largest absolute Gasteiger partial charge is 0.0955 e. The lowest BCUT2D eigenvalue weighted by atomic mass is 10.0. The van der Waals surface area contributed by atoms with Gasteiger partial charge in [0.15, 0.2) is 0 Å². The first-order valence-electron chi connectivity index (χ1n) is 9.30. The predicted molar refractivity (Wildman–Crippen MR) is 114 cm³/mol. The van der Waals surface area contributed by atoms with Gasteiger partial charge in [-0.15, -0.1) is 0 Å². The van der Waals surface area contributed by atoms with Crippen LogP contribution in [0.1, 0.15) is 45.7 Å². The molecule has 25 heavy (non-hydrogen) atoms. The third-order valence-corrected chi connectivity index (χ3v) is 12.1. The minimum atomic E-state index is -1.76. The third kappa shape index (κ3) is 2.05. The van der Waals surface area contributed by atoms with E-state index in [1.54, 1.807) is 10.8 Å². The van der Waals surface area contributed by atoms with E-state index in [2.05, 4.69) is 90.2 Å². The summed E-state index contributed by atoms with van der Waals surface area (Å²) in [6, 6.07) is 4.82. The van der Waals surface area contributed by atoms with E-state index >= 15 is 0 Å². The molecule has 0 bridgehead atoms. The summed E-state index contributed by atoms with van der Waals surface area (Å²) in [7, 11) is -1.76. The van der Waals surface area contributed by atoms with E-state index in [-0.39, 0.29) is 5.04 Å². The van der Waals surface area contributed by atoms with Crippen molar-refractivity contribution in [3.63, 3.8) is 0 Å². The van der Waals surface area contributed by atoms with Gasteiger partial charge in [0.2, 0.25) is 0 Å². The van der Waals surface area contributed by atoms with Crippen LogP contribution in [0.15, 0.2) is 47.1 Å². The zero-order chi connectivity index (χ0) is 18.1. The standard InChI is InChI=1S/C24H28Si/c1-15-11-23(22-13-20-10-8-9-19(20)12-21(15)22)25(6,7)24(5)14-16(2)17(3)18(24)4/h8-14H,1-7H3. The fraction of sp³-hybridized carbons (Fsp3) is 0.333. The van der Waals surface area contributed by atoms with Crippen LogP contribution in [0, 0.1) is 0 Å². The molecule has 4 rings (SSSR count). The molecule has 128 valence electrons. The van der Waals surface area contributed by atoms with E-state index in [1.807, 2.05) is 0 Å². The molecule has 0 N–H and O–H groups in total. The summed E-state index contributed by atoms with van der Waals surface area (Å²) in [4.78, 5) is 0. The second kappa shape index (κ2) is 5.08. The van der Waals surface area contributed by atoms with E-state index in [1.165, 1.54) is 38.3 Å². The van der Waals surface area contributed by atoms with Crippen molar-refractivity contribution in [2.24, 2.45) is 0 Å². The molecule has 0 radical (unpaired) electrons. The Hall–Kier alpha value is -1.86. The van der Waals surface area contributed by atoms with Crippen molar-refractivity contribution in [2.75, 3.05) is 0 Å². The van der Waals surface area contributed by atoms with Crippen molar-refractivity contribution in [1.82, 2.24) is 0 Å². The van der Waals surface area contributed by atoms with Gasteiger partial charge < -0.3 is 0 Å². The topological polar surface area (TPSA) is 0 Å². The zero-order valence-corrected chi connectivity index (χ0v) is 17.5. The lowest BCUT2D eigenvalue weighted by Gasteiger charge is -2.42. The Balaban J connectivity index is 1.91. The molecule has 1 heteroatoms. The average Bonchev–Trinajstić information content (AvgIpc) is 3.20. The van der Waals surface area contributed by atoms with Crippen LogP contribution in [0.2, 0.25) is 18.1 Å². The van der Waals surface area contributed by atoms with Gasteiger partial charge >= 0.3 is 0 Å². The van der Waals surface area contributed by atoms with Crippen molar-refractivity contribution in [3.8, 4) is 0 Å². The number of hydrogen-bond acceptors (Lipinski definition) is 0. The molecule has 0 heterocycles. The SMILES string of the molecule is CC1=CC(C)([Si](C)(C)C2=CC(C)=c3cc4c(cc32)=CC=C4)C(C)=C1C. The molecular weight excluding hydrogens is 316 g/mol. The summed E-state index contributed by atoms with van der Waals surface area (Å²) in [5.41, 5.74) is 8.80. The molecule has 1 atom stereocenters. The third-order valence-electron chi connectivity index (χ3n) is 7.26. The average molecular weight is 345 g/mol. The molecule has 0 nitrogen and oxygen atoms in total. The van der Waals surface area contributed by atoms with E-state index in [0.717, 1.165) is 0 Å².